The molecule has 10 nitrogen and oxygen atoms in total. The molecule has 11 heteroatoms. The van der Waals surface area contributed by atoms with Gasteiger partial charge < -0.3 is 9.30 Å². The second-order valence-electron chi connectivity index (χ2n) is 6.23. The van der Waals surface area contributed by atoms with Crippen LogP contribution in [0.3, 0.4) is 0 Å². The molecular formula is C17H19ClN6O4. The first-order chi connectivity index (χ1) is 13.2. The average molecular weight is 407 g/mol. The van der Waals surface area contributed by atoms with Crippen molar-refractivity contribution in [1.29, 1.82) is 0 Å². The van der Waals surface area contributed by atoms with E-state index in [0.717, 1.165) is 4.57 Å². The Morgan fingerprint density at radius 2 is 1.96 bits per heavy atom. The number of carbonyl (C=O) groups excluding carboxylic acids is 1. The van der Waals surface area contributed by atoms with Crippen molar-refractivity contribution < 1.29 is 9.53 Å². The lowest BCUT2D eigenvalue weighted by Crippen LogP contribution is -2.37. The van der Waals surface area contributed by atoms with E-state index in [4.69, 9.17) is 16.3 Å². The van der Waals surface area contributed by atoms with E-state index in [0.29, 0.717) is 16.4 Å². The van der Waals surface area contributed by atoms with Crippen molar-refractivity contribution in [1.82, 2.24) is 28.5 Å². The van der Waals surface area contributed by atoms with E-state index in [1.165, 1.54) is 35.7 Å². The van der Waals surface area contributed by atoms with Gasteiger partial charge in [0.25, 0.3) is 5.56 Å². The van der Waals surface area contributed by atoms with E-state index in [2.05, 4.69) is 10.1 Å². The summed E-state index contributed by atoms with van der Waals surface area (Å²) in [4.78, 5) is 40.3. The molecule has 0 aromatic carbocycles. The van der Waals surface area contributed by atoms with Crippen molar-refractivity contribution in [3.63, 3.8) is 0 Å². The minimum Gasteiger partial charge on any atom is -0.461 e. The van der Waals surface area contributed by atoms with Gasteiger partial charge in [-0.2, -0.15) is 5.10 Å². The van der Waals surface area contributed by atoms with Crippen molar-refractivity contribution in [3.05, 3.63) is 49.7 Å². The van der Waals surface area contributed by atoms with Gasteiger partial charge in [-0.15, -0.1) is 0 Å². The molecule has 0 radical (unpaired) electrons. The van der Waals surface area contributed by atoms with Crippen LogP contribution in [0.5, 0.6) is 0 Å². The molecule has 28 heavy (non-hydrogen) atoms. The lowest BCUT2D eigenvalue weighted by atomic mass is 10.2. The second kappa shape index (κ2) is 7.47. The maximum atomic E-state index is 12.4. The smallest absolute Gasteiger partial charge is 0.332 e. The van der Waals surface area contributed by atoms with E-state index in [1.54, 1.807) is 24.6 Å². The first-order valence-corrected chi connectivity index (χ1v) is 8.75. The summed E-state index contributed by atoms with van der Waals surface area (Å²) in [5.41, 5.74) is 0.983. The molecule has 0 atom stereocenters. The number of fused-ring (bicyclic) bond motifs is 1. The van der Waals surface area contributed by atoms with Crippen molar-refractivity contribution in [2.45, 2.75) is 13.5 Å². The molecule has 0 aliphatic rings. The van der Waals surface area contributed by atoms with Crippen LogP contribution < -0.4 is 11.2 Å². The fourth-order valence-electron chi connectivity index (χ4n) is 2.85. The number of rotatable bonds is 5. The number of aromatic nitrogens is 6. The van der Waals surface area contributed by atoms with Crippen molar-refractivity contribution >= 4 is 34.8 Å². The number of ether oxygens (including phenoxy) is 1. The maximum absolute atomic E-state index is 12.4. The molecular weight excluding hydrogens is 388 g/mol. The molecule has 0 amide bonds. The molecule has 0 N–H and O–H groups in total. The minimum absolute atomic E-state index is 0.0282. The third-order valence-corrected chi connectivity index (χ3v) is 4.82. The number of carbonyl (C=O) groups is 1. The van der Waals surface area contributed by atoms with Crippen LogP contribution in [0.2, 0.25) is 5.15 Å². The number of aryl methyl sites for hydroxylation is 3. The minimum atomic E-state index is -0.552. The average Bonchev–Trinajstić information content (AvgIpc) is 3.18. The van der Waals surface area contributed by atoms with Gasteiger partial charge in [0.15, 0.2) is 11.2 Å². The van der Waals surface area contributed by atoms with Crippen LogP contribution in [0.1, 0.15) is 11.3 Å². The Hall–Kier alpha value is -3.14. The molecule has 0 saturated carbocycles. The Morgan fingerprint density at radius 1 is 1.25 bits per heavy atom. The third-order valence-electron chi connectivity index (χ3n) is 4.38. The fraction of sp³-hybridized carbons (Fsp3) is 0.353. The molecule has 0 saturated heterocycles. The highest BCUT2D eigenvalue weighted by molar-refractivity contribution is 6.31. The van der Waals surface area contributed by atoms with Crippen LogP contribution in [-0.2, 0) is 37.2 Å². The molecule has 0 aliphatic heterocycles. The van der Waals surface area contributed by atoms with E-state index >= 15 is 0 Å². The Morgan fingerprint density at radius 3 is 2.61 bits per heavy atom. The van der Waals surface area contributed by atoms with E-state index in [-0.39, 0.29) is 24.3 Å². The molecule has 0 unspecified atom stereocenters. The molecule has 148 valence electrons. The fourth-order valence-corrected chi connectivity index (χ4v) is 3.08. The highest BCUT2D eigenvalue weighted by atomic mass is 35.5. The van der Waals surface area contributed by atoms with Gasteiger partial charge in [-0.25, -0.2) is 14.6 Å². The number of hydrogen-bond donors (Lipinski definition) is 0. The van der Waals surface area contributed by atoms with Crippen molar-refractivity contribution in [2.75, 3.05) is 6.61 Å². The summed E-state index contributed by atoms with van der Waals surface area (Å²) in [7, 11) is 4.65. The molecule has 3 aromatic heterocycles. The second-order valence-corrected chi connectivity index (χ2v) is 6.59. The SMILES string of the molecule is Cc1nn(C)c(Cl)c1/C=C/C(=O)OCCn1cnc2c1c(=O)n(C)c(=O)n2C. The van der Waals surface area contributed by atoms with Gasteiger partial charge in [0.1, 0.15) is 11.8 Å². The zero-order chi connectivity index (χ0) is 20.6. The highest BCUT2D eigenvalue weighted by Gasteiger charge is 2.14. The maximum Gasteiger partial charge on any atom is 0.332 e. The summed E-state index contributed by atoms with van der Waals surface area (Å²) >= 11 is 6.11. The van der Waals surface area contributed by atoms with Crippen LogP contribution in [0, 0.1) is 6.92 Å². The van der Waals surface area contributed by atoms with Crippen LogP contribution in [0.15, 0.2) is 22.0 Å². The normalized spacial score (nSPS) is 11.6. The van der Waals surface area contributed by atoms with Gasteiger partial charge in [0, 0.05) is 32.8 Å². The first kappa shape index (κ1) is 19.6. The summed E-state index contributed by atoms with van der Waals surface area (Å²) in [6, 6.07) is 0. The standard InChI is InChI=1S/C17H19ClN6O4/c1-10-11(14(18)23(4)20-10)5-6-12(25)28-8-7-24-9-19-15-13(24)16(26)22(3)17(27)21(15)2/h5-6,9H,7-8H2,1-4H3/b6-5+. The highest BCUT2D eigenvalue weighted by Crippen LogP contribution is 2.19. The summed E-state index contributed by atoms with van der Waals surface area (Å²) in [5.74, 6) is -0.552. The van der Waals surface area contributed by atoms with Crippen LogP contribution in [0.25, 0.3) is 17.2 Å². The molecule has 0 fully saturated rings. The number of hydrogen-bond acceptors (Lipinski definition) is 6. The number of nitrogens with zero attached hydrogens (tertiary/aromatic N) is 6. The number of esters is 1. The lowest BCUT2D eigenvalue weighted by molar-refractivity contribution is -0.137. The van der Waals surface area contributed by atoms with Gasteiger partial charge in [0.2, 0.25) is 0 Å². The van der Waals surface area contributed by atoms with Gasteiger partial charge in [-0.3, -0.25) is 18.6 Å². The Bertz CT molecular complexity index is 1210. The van der Waals surface area contributed by atoms with Crippen LogP contribution in [-0.4, -0.2) is 41.0 Å². The van der Waals surface area contributed by atoms with E-state index < -0.39 is 17.2 Å². The summed E-state index contributed by atoms with van der Waals surface area (Å²) in [6.45, 7) is 2.03. The largest absolute Gasteiger partial charge is 0.461 e. The van der Waals surface area contributed by atoms with E-state index in [9.17, 15) is 14.4 Å². The van der Waals surface area contributed by atoms with Crippen LogP contribution >= 0.6 is 11.6 Å². The summed E-state index contributed by atoms with van der Waals surface area (Å²) in [5, 5.41) is 4.58. The molecule has 0 bridgehead atoms. The molecule has 3 aromatic rings. The summed E-state index contributed by atoms with van der Waals surface area (Å²) in [6.07, 6.45) is 4.25. The molecule has 3 heterocycles. The first-order valence-electron chi connectivity index (χ1n) is 8.37. The Labute approximate surface area is 164 Å². The quantitative estimate of drug-likeness (QED) is 0.448. The van der Waals surface area contributed by atoms with Gasteiger partial charge in [-0.05, 0) is 13.0 Å². The van der Waals surface area contributed by atoms with Gasteiger partial charge >= 0.3 is 11.7 Å². The third kappa shape index (κ3) is 3.38. The molecule has 0 aliphatic carbocycles. The molecule has 0 spiro atoms. The monoisotopic (exact) mass is 406 g/mol. The number of halogens is 1. The topological polar surface area (TPSA) is 106 Å². The zero-order valence-electron chi connectivity index (χ0n) is 15.8. The Balaban J connectivity index is 1.70. The predicted octanol–water partition coefficient (Wildman–Crippen LogP) is 0.386. The molecule has 3 rings (SSSR count). The zero-order valence-corrected chi connectivity index (χ0v) is 16.6. The van der Waals surface area contributed by atoms with E-state index in [1.807, 2.05) is 0 Å². The Kier molecular flexibility index (Phi) is 5.23. The van der Waals surface area contributed by atoms with Crippen molar-refractivity contribution in [3.8, 4) is 0 Å². The number of imidazole rings is 1. The van der Waals surface area contributed by atoms with Crippen molar-refractivity contribution in [2.24, 2.45) is 21.1 Å². The lowest BCUT2D eigenvalue weighted by Gasteiger charge is -2.06. The predicted molar refractivity (Wildman–Crippen MR) is 103 cm³/mol. The van der Waals surface area contributed by atoms with Gasteiger partial charge in [-0.1, -0.05) is 11.6 Å². The van der Waals surface area contributed by atoms with Gasteiger partial charge in [0.05, 0.1) is 18.6 Å². The summed E-state index contributed by atoms with van der Waals surface area (Å²) < 4.78 is 10.5. The van der Waals surface area contributed by atoms with Crippen LogP contribution in [0.4, 0.5) is 0 Å².